The lowest BCUT2D eigenvalue weighted by Gasteiger charge is -2.39. The molecule has 170 valence electrons. The summed E-state index contributed by atoms with van der Waals surface area (Å²) in [5.74, 6) is 0.818. The highest BCUT2D eigenvalue weighted by Crippen LogP contribution is 2.26. The maximum absolute atomic E-state index is 12.5. The molecule has 8 nitrogen and oxygen atoms in total. The molecular formula is C24H30N4O4. The van der Waals surface area contributed by atoms with Crippen LogP contribution in [0.5, 0.6) is 5.75 Å². The van der Waals surface area contributed by atoms with Gasteiger partial charge in [0.15, 0.2) is 0 Å². The van der Waals surface area contributed by atoms with Crippen LogP contribution in [-0.4, -0.2) is 67.2 Å². The minimum absolute atomic E-state index is 0.0262. The van der Waals surface area contributed by atoms with Crippen LogP contribution in [0.3, 0.4) is 0 Å². The number of carbonyl (C=O) groups excluding carboxylic acids is 2. The number of hydrogen-bond acceptors (Lipinski definition) is 6. The van der Waals surface area contributed by atoms with E-state index in [9.17, 15) is 9.59 Å². The van der Waals surface area contributed by atoms with E-state index in [1.54, 1.807) is 6.20 Å². The maximum Gasteiger partial charge on any atom is 0.248 e. The second-order valence-corrected chi connectivity index (χ2v) is 8.16. The summed E-state index contributed by atoms with van der Waals surface area (Å²) in [6.07, 6.45) is 5.24. The molecular weight excluding hydrogens is 408 g/mol. The van der Waals surface area contributed by atoms with Crippen molar-refractivity contribution < 1.29 is 19.1 Å². The summed E-state index contributed by atoms with van der Waals surface area (Å²) in [6.45, 7) is 5.35. The van der Waals surface area contributed by atoms with Gasteiger partial charge in [0.2, 0.25) is 11.8 Å². The van der Waals surface area contributed by atoms with Gasteiger partial charge in [-0.15, -0.1) is 0 Å². The van der Waals surface area contributed by atoms with Crippen molar-refractivity contribution in [1.29, 1.82) is 0 Å². The van der Waals surface area contributed by atoms with E-state index in [1.807, 2.05) is 54.4 Å². The average molecular weight is 439 g/mol. The molecule has 3 heterocycles. The van der Waals surface area contributed by atoms with Gasteiger partial charge >= 0.3 is 0 Å². The molecule has 0 spiro atoms. The lowest BCUT2D eigenvalue weighted by atomic mass is 9.98. The van der Waals surface area contributed by atoms with E-state index in [0.717, 1.165) is 30.0 Å². The Balaban J connectivity index is 1.19. The Labute approximate surface area is 188 Å². The van der Waals surface area contributed by atoms with Crippen LogP contribution in [0.1, 0.15) is 19.8 Å². The normalized spacial score (nSPS) is 17.0. The van der Waals surface area contributed by atoms with Gasteiger partial charge in [-0.3, -0.25) is 14.6 Å². The first-order valence-corrected chi connectivity index (χ1v) is 11.2. The van der Waals surface area contributed by atoms with Gasteiger partial charge in [0.1, 0.15) is 18.5 Å². The van der Waals surface area contributed by atoms with E-state index in [0.29, 0.717) is 32.8 Å². The van der Waals surface area contributed by atoms with Gasteiger partial charge in [-0.1, -0.05) is 0 Å². The molecule has 1 N–H and O–H groups in total. The highest BCUT2D eigenvalue weighted by molar-refractivity contribution is 5.94. The number of ether oxygens (including phenoxy) is 2. The number of likely N-dealkylation sites (tertiary alicyclic amines) is 1. The van der Waals surface area contributed by atoms with Gasteiger partial charge in [0, 0.05) is 57.5 Å². The largest absolute Gasteiger partial charge is 0.490 e. The van der Waals surface area contributed by atoms with E-state index < -0.39 is 0 Å². The van der Waals surface area contributed by atoms with Crippen molar-refractivity contribution in [3.05, 3.63) is 48.8 Å². The molecule has 8 heteroatoms. The van der Waals surface area contributed by atoms with Crippen molar-refractivity contribution in [1.82, 2.24) is 9.88 Å². The summed E-state index contributed by atoms with van der Waals surface area (Å²) in [5, 5.41) is 2.99. The predicted molar refractivity (Wildman–Crippen MR) is 122 cm³/mol. The predicted octanol–water partition coefficient (Wildman–Crippen LogP) is 2.56. The molecule has 0 aliphatic carbocycles. The molecule has 1 aromatic heterocycles. The molecule has 0 radical (unpaired) electrons. The van der Waals surface area contributed by atoms with E-state index in [-0.39, 0.29) is 30.4 Å². The summed E-state index contributed by atoms with van der Waals surface area (Å²) in [7, 11) is 0. The average Bonchev–Trinajstić information content (AvgIpc) is 2.79. The van der Waals surface area contributed by atoms with E-state index >= 15 is 0 Å². The van der Waals surface area contributed by atoms with E-state index in [1.165, 1.54) is 0 Å². The molecule has 2 aliphatic heterocycles. The summed E-state index contributed by atoms with van der Waals surface area (Å²) < 4.78 is 11.3. The van der Waals surface area contributed by atoms with Crippen LogP contribution in [0, 0.1) is 5.92 Å². The first kappa shape index (κ1) is 22.1. The first-order chi connectivity index (χ1) is 15.6. The first-order valence-electron chi connectivity index (χ1n) is 11.2. The highest BCUT2D eigenvalue weighted by atomic mass is 16.5. The third-order valence-corrected chi connectivity index (χ3v) is 5.91. The summed E-state index contributed by atoms with van der Waals surface area (Å²) in [4.78, 5) is 32.6. The van der Waals surface area contributed by atoms with Gasteiger partial charge in [-0.05, 0) is 43.3 Å². The van der Waals surface area contributed by atoms with Crippen molar-refractivity contribution >= 4 is 23.2 Å². The smallest absolute Gasteiger partial charge is 0.248 e. The monoisotopic (exact) mass is 438 g/mol. The van der Waals surface area contributed by atoms with Crippen molar-refractivity contribution in [3.63, 3.8) is 0 Å². The van der Waals surface area contributed by atoms with E-state index in [2.05, 4.69) is 15.2 Å². The second-order valence-electron chi connectivity index (χ2n) is 8.16. The molecule has 2 aliphatic rings. The zero-order chi connectivity index (χ0) is 22.3. The Bertz CT molecular complexity index is 892. The number of piperidine rings is 1. The van der Waals surface area contributed by atoms with Crippen LogP contribution in [0.4, 0.5) is 11.4 Å². The standard InChI is InChI=1S/C24H30N4O4/c1-2-31-17-23(29)27-12-9-22(10-13-27)32-21-7-5-19(6-8-21)26-24(30)18-15-28(16-18)20-4-3-11-25-14-20/h3-8,11,14,18,22H,2,9-10,12-13,15-17H2,1H3,(H,26,30). The zero-order valence-corrected chi connectivity index (χ0v) is 18.4. The van der Waals surface area contributed by atoms with Gasteiger partial charge in [0.25, 0.3) is 0 Å². The number of nitrogens with one attached hydrogen (secondary N) is 1. The molecule has 0 saturated carbocycles. The SMILES string of the molecule is CCOCC(=O)N1CCC(Oc2ccc(NC(=O)C3CN(c4cccnc4)C3)cc2)CC1. The van der Waals surface area contributed by atoms with Crippen molar-refractivity contribution in [2.24, 2.45) is 5.92 Å². The van der Waals surface area contributed by atoms with Crippen LogP contribution < -0.4 is 15.0 Å². The minimum Gasteiger partial charge on any atom is -0.490 e. The third kappa shape index (κ3) is 5.56. The highest BCUT2D eigenvalue weighted by Gasteiger charge is 2.33. The number of hydrogen-bond donors (Lipinski definition) is 1. The number of rotatable bonds is 8. The number of aromatic nitrogens is 1. The molecule has 0 bridgehead atoms. The van der Waals surface area contributed by atoms with Crippen LogP contribution in [0.15, 0.2) is 48.8 Å². The van der Waals surface area contributed by atoms with Crippen molar-refractivity contribution in [2.75, 3.05) is 49.6 Å². The number of pyridine rings is 1. The molecule has 2 fully saturated rings. The van der Waals surface area contributed by atoms with Crippen LogP contribution in [0.2, 0.25) is 0 Å². The maximum atomic E-state index is 12.5. The molecule has 2 aromatic rings. The fraction of sp³-hybridized carbons (Fsp3) is 0.458. The lowest BCUT2D eigenvalue weighted by molar-refractivity contribution is -0.137. The van der Waals surface area contributed by atoms with Gasteiger partial charge < -0.3 is 24.6 Å². The van der Waals surface area contributed by atoms with Crippen molar-refractivity contribution in [2.45, 2.75) is 25.9 Å². The molecule has 4 rings (SSSR count). The Morgan fingerprint density at radius 1 is 1.12 bits per heavy atom. The second kappa shape index (κ2) is 10.5. The minimum atomic E-state index is -0.0262. The van der Waals surface area contributed by atoms with Gasteiger partial charge in [-0.25, -0.2) is 0 Å². The Hall–Kier alpha value is -3.13. The number of nitrogens with zero attached hydrogens (tertiary/aromatic N) is 3. The number of amides is 2. The summed E-state index contributed by atoms with van der Waals surface area (Å²) >= 11 is 0. The molecule has 0 atom stereocenters. The summed E-state index contributed by atoms with van der Waals surface area (Å²) in [6, 6.07) is 11.4. The fourth-order valence-electron chi connectivity index (χ4n) is 3.95. The topological polar surface area (TPSA) is 84.0 Å². The third-order valence-electron chi connectivity index (χ3n) is 5.91. The number of benzene rings is 1. The number of carbonyl (C=O) groups is 2. The van der Waals surface area contributed by atoms with E-state index in [4.69, 9.17) is 9.47 Å². The number of anilines is 2. The Morgan fingerprint density at radius 2 is 1.88 bits per heavy atom. The van der Waals surface area contributed by atoms with Crippen molar-refractivity contribution in [3.8, 4) is 5.75 Å². The van der Waals surface area contributed by atoms with Crippen LogP contribution >= 0.6 is 0 Å². The Morgan fingerprint density at radius 3 is 2.53 bits per heavy atom. The van der Waals surface area contributed by atoms with Crippen LogP contribution in [-0.2, 0) is 14.3 Å². The summed E-state index contributed by atoms with van der Waals surface area (Å²) in [5.41, 5.74) is 1.81. The zero-order valence-electron chi connectivity index (χ0n) is 18.4. The lowest BCUT2D eigenvalue weighted by Crippen LogP contribution is -2.52. The van der Waals surface area contributed by atoms with Gasteiger partial charge in [-0.2, -0.15) is 0 Å². The quantitative estimate of drug-likeness (QED) is 0.682. The fourth-order valence-corrected chi connectivity index (χ4v) is 3.95. The molecule has 2 amide bonds. The molecule has 2 saturated heterocycles. The molecule has 1 aromatic carbocycles. The molecule has 32 heavy (non-hydrogen) atoms. The van der Waals surface area contributed by atoms with Crippen LogP contribution in [0.25, 0.3) is 0 Å². The van der Waals surface area contributed by atoms with Gasteiger partial charge in [0.05, 0.1) is 17.8 Å². The molecule has 0 unspecified atom stereocenters. The Kier molecular flexibility index (Phi) is 7.21.